The molecule has 0 radical (unpaired) electrons. The molecule has 2 aromatic rings. The van der Waals surface area contributed by atoms with Gasteiger partial charge in [0.05, 0.1) is 12.5 Å². The zero-order valence-corrected chi connectivity index (χ0v) is 18.8. The van der Waals surface area contributed by atoms with Crippen molar-refractivity contribution in [1.29, 1.82) is 0 Å². The molecule has 2 aliphatic heterocycles. The van der Waals surface area contributed by atoms with Crippen molar-refractivity contribution in [3.63, 3.8) is 0 Å². The minimum absolute atomic E-state index is 0.0221. The number of nitrogens with one attached hydrogen (secondary N) is 3. The molecule has 0 bridgehead atoms. The van der Waals surface area contributed by atoms with Crippen molar-refractivity contribution in [3.8, 4) is 0 Å². The Morgan fingerprint density at radius 3 is 2.60 bits per heavy atom. The molecule has 4 amide bonds. The van der Waals surface area contributed by atoms with Crippen LogP contribution in [-0.2, 0) is 24.0 Å². The molecule has 0 saturated carbocycles. The number of hydrogen-bond donors (Lipinski definition) is 4. The lowest BCUT2D eigenvalue weighted by molar-refractivity contribution is -0.191. The van der Waals surface area contributed by atoms with E-state index < -0.39 is 41.8 Å². The molecule has 2 saturated heterocycles. The summed E-state index contributed by atoms with van der Waals surface area (Å²) < 4.78 is 0. The van der Waals surface area contributed by atoms with Gasteiger partial charge in [-0.3, -0.25) is 24.0 Å². The summed E-state index contributed by atoms with van der Waals surface area (Å²) in [6.45, 7) is 0.175. The van der Waals surface area contributed by atoms with Crippen molar-refractivity contribution >= 4 is 46.8 Å². The number of benzene rings is 1. The molecule has 4 N–H and O–H groups in total. The summed E-state index contributed by atoms with van der Waals surface area (Å²) in [5.74, 6) is -3.88. The maximum absolute atomic E-state index is 13.6. The number of carboxylic acids is 1. The fourth-order valence-corrected chi connectivity index (χ4v) is 4.55. The van der Waals surface area contributed by atoms with E-state index in [2.05, 4.69) is 15.6 Å². The van der Waals surface area contributed by atoms with Crippen LogP contribution in [0.15, 0.2) is 30.3 Å². The van der Waals surface area contributed by atoms with Crippen molar-refractivity contribution < 1.29 is 33.9 Å². The van der Waals surface area contributed by atoms with Gasteiger partial charge in [0.2, 0.25) is 17.5 Å². The molecule has 4 rings (SSSR count). The predicted molar refractivity (Wildman–Crippen MR) is 120 cm³/mol. The summed E-state index contributed by atoms with van der Waals surface area (Å²) in [5.41, 5.74) is -1.23. The Kier molecular flexibility index (Phi) is 6.54. The van der Waals surface area contributed by atoms with Crippen molar-refractivity contribution in [3.05, 3.63) is 36.0 Å². The van der Waals surface area contributed by atoms with Crippen LogP contribution in [-0.4, -0.2) is 74.2 Å². The van der Waals surface area contributed by atoms with Crippen LogP contribution in [0, 0.1) is 0 Å². The molecule has 2 fully saturated rings. The molecule has 1 aromatic carbocycles. The van der Waals surface area contributed by atoms with E-state index in [1.54, 1.807) is 30.3 Å². The number of hydrazine groups is 1. The Labute approximate surface area is 199 Å². The summed E-state index contributed by atoms with van der Waals surface area (Å²) in [7, 11) is 0. The van der Waals surface area contributed by atoms with Crippen molar-refractivity contribution in [2.75, 3.05) is 6.54 Å². The van der Waals surface area contributed by atoms with Gasteiger partial charge in [0.25, 0.3) is 11.8 Å². The van der Waals surface area contributed by atoms with Gasteiger partial charge >= 0.3 is 5.97 Å². The van der Waals surface area contributed by atoms with Crippen LogP contribution in [0.3, 0.4) is 0 Å². The average Bonchev–Trinajstić information content (AvgIpc) is 3.21. The number of carbonyl (C=O) groups is 6. The molecule has 2 aliphatic rings. The van der Waals surface area contributed by atoms with Crippen LogP contribution in [0.4, 0.5) is 0 Å². The minimum atomic E-state index is -2.04. The molecule has 1 aromatic heterocycles. The lowest BCUT2D eigenvalue weighted by Crippen LogP contribution is -2.76. The van der Waals surface area contributed by atoms with Crippen molar-refractivity contribution in [2.24, 2.45) is 0 Å². The molecular formula is C23H25N5O7. The van der Waals surface area contributed by atoms with E-state index >= 15 is 0 Å². The Bertz CT molecular complexity index is 1170. The Morgan fingerprint density at radius 2 is 1.89 bits per heavy atom. The largest absolute Gasteiger partial charge is 0.481 e. The number of amides is 4. The fourth-order valence-electron chi connectivity index (χ4n) is 4.55. The number of nitrogens with zero attached hydrogens (tertiary/aromatic N) is 2. The number of aromatic nitrogens is 1. The van der Waals surface area contributed by atoms with Crippen LogP contribution in [0.2, 0.25) is 0 Å². The molecule has 12 heteroatoms. The predicted octanol–water partition coefficient (Wildman–Crippen LogP) is 0.302. The van der Waals surface area contributed by atoms with E-state index in [1.165, 1.54) is 0 Å². The number of H-pyrrole nitrogens is 1. The molecule has 2 atom stereocenters. The van der Waals surface area contributed by atoms with E-state index in [-0.39, 0.29) is 56.5 Å². The van der Waals surface area contributed by atoms with Gasteiger partial charge in [-0.1, -0.05) is 18.2 Å². The first kappa shape index (κ1) is 23.9. The van der Waals surface area contributed by atoms with Gasteiger partial charge in [-0.15, -0.1) is 0 Å². The normalized spacial score (nSPS) is 21.1. The van der Waals surface area contributed by atoms with Gasteiger partial charge in [0.15, 0.2) is 0 Å². The number of aromatic amines is 1. The number of hydrogen-bond acceptors (Lipinski definition) is 6. The summed E-state index contributed by atoms with van der Waals surface area (Å²) in [6.07, 6.45) is 0.193. The first-order valence-corrected chi connectivity index (χ1v) is 11.3. The lowest BCUT2D eigenvalue weighted by atomic mass is 9.96. The molecule has 184 valence electrons. The van der Waals surface area contributed by atoms with Crippen LogP contribution >= 0.6 is 0 Å². The van der Waals surface area contributed by atoms with Crippen molar-refractivity contribution in [1.82, 2.24) is 25.6 Å². The lowest BCUT2D eigenvalue weighted by Gasteiger charge is -2.50. The number of aliphatic carboxylic acids is 1. The monoisotopic (exact) mass is 483 g/mol. The number of para-hydroxylation sites is 1. The Morgan fingerprint density at radius 1 is 1.14 bits per heavy atom. The highest BCUT2D eigenvalue weighted by molar-refractivity contribution is 6.03. The topological polar surface area (TPSA) is 169 Å². The zero-order valence-electron chi connectivity index (χ0n) is 18.8. The number of aldehydes is 1. The number of rotatable bonds is 7. The molecule has 12 nitrogen and oxygen atoms in total. The van der Waals surface area contributed by atoms with Crippen LogP contribution in [0.25, 0.3) is 10.9 Å². The average molecular weight is 483 g/mol. The smallest absolute Gasteiger partial charge is 0.305 e. The highest BCUT2D eigenvalue weighted by Crippen LogP contribution is 2.32. The maximum atomic E-state index is 13.6. The summed E-state index contributed by atoms with van der Waals surface area (Å²) >= 11 is 0. The molecular weight excluding hydrogens is 458 g/mol. The van der Waals surface area contributed by atoms with Crippen molar-refractivity contribution in [2.45, 2.75) is 50.2 Å². The highest BCUT2D eigenvalue weighted by Gasteiger charge is 2.54. The molecule has 2 unspecified atom stereocenters. The van der Waals surface area contributed by atoms with Gasteiger partial charge in [-0.05, 0) is 25.0 Å². The van der Waals surface area contributed by atoms with E-state index in [9.17, 15) is 28.8 Å². The second-order valence-corrected chi connectivity index (χ2v) is 8.58. The maximum Gasteiger partial charge on any atom is 0.305 e. The number of carbonyl (C=O) groups excluding carboxylic acids is 5. The third-order valence-corrected chi connectivity index (χ3v) is 6.16. The van der Waals surface area contributed by atoms with Gasteiger partial charge in [-0.25, -0.2) is 10.0 Å². The zero-order chi connectivity index (χ0) is 25.2. The van der Waals surface area contributed by atoms with Gasteiger partial charge < -0.3 is 25.5 Å². The summed E-state index contributed by atoms with van der Waals surface area (Å²) in [5, 5.41) is 16.9. The SMILES string of the molecule is O=CC(CC(=O)O)NC(=O)C1(NC(=O)c2cc3ccccc3[nH]2)CCCN2C(=O)CCCC(=O)N21. The van der Waals surface area contributed by atoms with Gasteiger partial charge in [-0.2, -0.15) is 0 Å². The van der Waals surface area contributed by atoms with E-state index in [1.807, 2.05) is 0 Å². The summed E-state index contributed by atoms with van der Waals surface area (Å²) in [6, 6.07) is 7.35. The molecule has 35 heavy (non-hydrogen) atoms. The van der Waals surface area contributed by atoms with E-state index in [4.69, 9.17) is 5.11 Å². The molecule has 0 aliphatic carbocycles. The van der Waals surface area contributed by atoms with Crippen LogP contribution in [0.5, 0.6) is 0 Å². The molecule has 3 heterocycles. The number of carboxylic acid groups (broad SMARTS) is 1. The van der Waals surface area contributed by atoms with E-state index in [0.717, 1.165) is 15.4 Å². The summed E-state index contributed by atoms with van der Waals surface area (Å²) in [4.78, 5) is 78.4. The standard InChI is InChI=1S/C23H25N5O7/c29-13-15(12-20(32)33)24-22(35)23(9-4-10-27-18(30)7-3-8-19(31)28(23)27)26-21(34)17-11-14-5-1-2-6-16(14)25-17/h1-2,5-6,11,13,15,25H,3-4,7-10,12H2,(H,24,35)(H,26,34)(H,32,33). The minimum Gasteiger partial charge on any atom is -0.481 e. The quantitative estimate of drug-likeness (QED) is 0.411. The van der Waals surface area contributed by atoms with Gasteiger partial charge in [0, 0.05) is 36.7 Å². The molecule has 0 spiro atoms. The Balaban J connectivity index is 1.74. The number of fused-ring (bicyclic) bond motifs is 2. The second-order valence-electron chi connectivity index (χ2n) is 8.58. The third kappa shape index (κ3) is 4.59. The highest BCUT2D eigenvalue weighted by atomic mass is 16.4. The third-order valence-electron chi connectivity index (χ3n) is 6.16. The van der Waals surface area contributed by atoms with Crippen LogP contribution in [0.1, 0.15) is 49.0 Å². The fraction of sp³-hybridized carbons (Fsp3) is 0.391. The second kappa shape index (κ2) is 9.57. The first-order chi connectivity index (χ1) is 16.7. The van der Waals surface area contributed by atoms with E-state index in [0.29, 0.717) is 5.52 Å². The van der Waals surface area contributed by atoms with Gasteiger partial charge in [0.1, 0.15) is 12.0 Å². The van der Waals surface area contributed by atoms with Crippen LogP contribution < -0.4 is 10.6 Å². The first-order valence-electron chi connectivity index (χ1n) is 11.3. The Hall–Kier alpha value is -4.22.